The van der Waals surface area contributed by atoms with E-state index in [1.807, 2.05) is 19.1 Å². The lowest BCUT2D eigenvalue weighted by Gasteiger charge is -2.25. The number of carbonyl (C=O) groups excluding carboxylic acids is 3. The number of nitrogens with one attached hydrogen (secondary N) is 3. The van der Waals surface area contributed by atoms with Crippen LogP contribution in [0.2, 0.25) is 0 Å². The van der Waals surface area contributed by atoms with Crippen LogP contribution in [0.5, 0.6) is 5.75 Å². The fourth-order valence-corrected chi connectivity index (χ4v) is 3.89. The maximum absolute atomic E-state index is 12.7. The van der Waals surface area contributed by atoms with Gasteiger partial charge < -0.3 is 25.4 Å². The highest BCUT2D eigenvalue weighted by molar-refractivity contribution is 5.96. The highest BCUT2D eigenvalue weighted by Gasteiger charge is 2.24. The Morgan fingerprint density at radius 1 is 1.06 bits per heavy atom. The lowest BCUT2D eigenvalue weighted by atomic mass is 9.85. The minimum atomic E-state index is -0.707. The molecule has 0 bridgehead atoms. The molecule has 8 heteroatoms. The van der Waals surface area contributed by atoms with E-state index in [4.69, 9.17) is 9.47 Å². The Balaban J connectivity index is 1.47. The minimum absolute atomic E-state index is 0.121. The van der Waals surface area contributed by atoms with Gasteiger partial charge in [-0.3, -0.25) is 14.4 Å². The molecule has 3 N–H and O–H groups in total. The number of carbonyl (C=O) groups is 3. The molecule has 0 radical (unpaired) electrons. The van der Waals surface area contributed by atoms with Crippen molar-refractivity contribution in [1.29, 1.82) is 0 Å². The first kappa shape index (κ1) is 27.2. The van der Waals surface area contributed by atoms with E-state index in [1.54, 1.807) is 31.2 Å². The molecule has 1 aliphatic rings. The third-order valence-electron chi connectivity index (χ3n) is 5.96. The lowest BCUT2D eigenvalue weighted by Crippen LogP contribution is -2.39. The van der Waals surface area contributed by atoms with Gasteiger partial charge in [-0.1, -0.05) is 38.5 Å². The van der Waals surface area contributed by atoms with Gasteiger partial charge in [0.2, 0.25) is 5.91 Å². The average molecular weight is 496 g/mol. The number of anilines is 1. The van der Waals surface area contributed by atoms with Gasteiger partial charge in [0.15, 0.2) is 6.10 Å². The molecule has 1 fully saturated rings. The molecule has 2 aromatic carbocycles. The highest BCUT2D eigenvalue weighted by atomic mass is 16.5. The molecule has 194 valence electrons. The standard InChI is InChI=1S/C28H37N3O5/c1-18-8-13-23(22(17-18)28(3,4)5)36-19(2)25(32)31-21-11-9-20(10-12-21)26(33)29-14-15-30-27(34)24-7-6-16-35-24/h8-13,17,19,24H,6-7,14-16H2,1-5H3,(H,29,33)(H,30,34)(H,31,32). The van der Waals surface area contributed by atoms with Gasteiger partial charge in [0.05, 0.1) is 0 Å². The zero-order chi connectivity index (χ0) is 26.3. The Labute approximate surface area is 213 Å². The molecule has 1 saturated heterocycles. The molecule has 8 nitrogen and oxygen atoms in total. The van der Waals surface area contributed by atoms with E-state index in [-0.39, 0.29) is 29.2 Å². The number of hydrogen-bond donors (Lipinski definition) is 3. The summed E-state index contributed by atoms with van der Waals surface area (Å²) in [6, 6.07) is 12.6. The monoisotopic (exact) mass is 495 g/mol. The number of aryl methyl sites for hydroxylation is 1. The number of amides is 3. The molecule has 0 spiro atoms. The molecule has 2 aromatic rings. The fraction of sp³-hybridized carbons (Fsp3) is 0.464. The highest BCUT2D eigenvalue weighted by Crippen LogP contribution is 2.32. The Kier molecular flexibility index (Phi) is 9.09. The second-order valence-electron chi connectivity index (χ2n) is 10.1. The molecule has 0 saturated carbocycles. The molecule has 3 amide bonds. The summed E-state index contributed by atoms with van der Waals surface area (Å²) in [7, 11) is 0. The molecule has 3 rings (SSSR count). The number of hydrogen-bond acceptors (Lipinski definition) is 5. The molecule has 2 unspecified atom stereocenters. The SMILES string of the molecule is Cc1ccc(OC(C)C(=O)Nc2ccc(C(=O)NCCNC(=O)C3CCCO3)cc2)c(C(C)(C)C)c1. The first-order chi connectivity index (χ1) is 17.0. The second-order valence-corrected chi connectivity index (χ2v) is 10.1. The van der Waals surface area contributed by atoms with Gasteiger partial charge in [-0.05, 0) is 68.0 Å². The van der Waals surface area contributed by atoms with Crippen LogP contribution in [-0.2, 0) is 19.7 Å². The summed E-state index contributed by atoms with van der Waals surface area (Å²) in [5, 5.41) is 8.37. The van der Waals surface area contributed by atoms with Crippen LogP contribution in [0.1, 0.15) is 62.0 Å². The van der Waals surface area contributed by atoms with Crippen molar-refractivity contribution >= 4 is 23.4 Å². The van der Waals surface area contributed by atoms with Crippen LogP contribution in [0.15, 0.2) is 42.5 Å². The Bertz CT molecular complexity index is 1070. The van der Waals surface area contributed by atoms with E-state index in [1.165, 1.54) is 0 Å². The summed E-state index contributed by atoms with van der Waals surface area (Å²) in [6.07, 6.45) is 0.536. The number of ether oxygens (including phenoxy) is 2. The van der Waals surface area contributed by atoms with E-state index in [2.05, 4.69) is 42.8 Å². The molecule has 1 aliphatic heterocycles. The van der Waals surface area contributed by atoms with E-state index < -0.39 is 6.10 Å². The Hall–Kier alpha value is -3.39. The smallest absolute Gasteiger partial charge is 0.265 e. The van der Waals surface area contributed by atoms with Gasteiger partial charge in [0, 0.05) is 30.9 Å². The number of rotatable bonds is 9. The van der Waals surface area contributed by atoms with E-state index in [0.29, 0.717) is 36.7 Å². The van der Waals surface area contributed by atoms with E-state index in [9.17, 15) is 14.4 Å². The van der Waals surface area contributed by atoms with Crippen molar-refractivity contribution in [3.63, 3.8) is 0 Å². The predicted octanol–water partition coefficient (Wildman–Crippen LogP) is 3.72. The van der Waals surface area contributed by atoms with Gasteiger partial charge in [-0.2, -0.15) is 0 Å². The van der Waals surface area contributed by atoms with Crippen LogP contribution in [0.3, 0.4) is 0 Å². The lowest BCUT2D eigenvalue weighted by molar-refractivity contribution is -0.130. The van der Waals surface area contributed by atoms with Crippen molar-refractivity contribution < 1.29 is 23.9 Å². The quantitative estimate of drug-likeness (QED) is 0.460. The predicted molar refractivity (Wildman–Crippen MR) is 139 cm³/mol. The summed E-state index contributed by atoms with van der Waals surface area (Å²) >= 11 is 0. The third-order valence-corrected chi connectivity index (χ3v) is 5.96. The summed E-state index contributed by atoms with van der Waals surface area (Å²) in [4.78, 5) is 37.0. The maximum atomic E-state index is 12.7. The summed E-state index contributed by atoms with van der Waals surface area (Å²) in [6.45, 7) is 11.3. The zero-order valence-electron chi connectivity index (χ0n) is 21.8. The Morgan fingerprint density at radius 3 is 2.39 bits per heavy atom. The van der Waals surface area contributed by atoms with Crippen molar-refractivity contribution in [3.05, 3.63) is 59.2 Å². The van der Waals surface area contributed by atoms with Crippen molar-refractivity contribution in [2.24, 2.45) is 0 Å². The van der Waals surface area contributed by atoms with Crippen LogP contribution < -0.4 is 20.7 Å². The fourth-order valence-electron chi connectivity index (χ4n) is 3.89. The van der Waals surface area contributed by atoms with Crippen molar-refractivity contribution in [1.82, 2.24) is 10.6 Å². The van der Waals surface area contributed by atoms with Gasteiger partial charge >= 0.3 is 0 Å². The van der Waals surface area contributed by atoms with Crippen molar-refractivity contribution in [2.75, 3.05) is 25.0 Å². The second kappa shape index (κ2) is 12.0. The summed E-state index contributed by atoms with van der Waals surface area (Å²) in [5.41, 5.74) is 3.08. The molecule has 1 heterocycles. The van der Waals surface area contributed by atoms with Crippen LogP contribution in [0, 0.1) is 6.92 Å². The van der Waals surface area contributed by atoms with E-state index in [0.717, 1.165) is 24.0 Å². The van der Waals surface area contributed by atoms with Crippen molar-refractivity contribution in [3.8, 4) is 5.75 Å². The molecule has 0 aliphatic carbocycles. The van der Waals surface area contributed by atoms with Crippen LogP contribution in [-0.4, -0.2) is 49.6 Å². The maximum Gasteiger partial charge on any atom is 0.265 e. The number of benzene rings is 2. The molecule has 2 atom stereocenters. The summed E-state index contributed by atoms with van der Waals surface area (Å²) in [5.74, 6) is 0.00595. The normalized spacial score (nSPS) is 16.2. The average Bonchev–Trinajstić information content (AvgIpc) is 3.37. The topological polar surface area (TPSA) is 106 Å². The largest absolute Gasteiger partial charge is 0.481 e. The van der Waals surface area contributed by atoms with Gasteiger partial charge in [0.25, 0.3) is 11.8 Å². The first-order valence-corrected chi connectivity index (χ1v) is 12.4. The minimum Gasteiger partial charge on any atom is -0.481 e. The van der Waals surface area contributed by atoms with Crippen LogP contribution >= 0.6 is 0 Å². The van der Waals surface area contributed by atoms with Gasteiger partial charge in [-0.15, -0.1) is 0 Å². The molecular formula is C28H37N3O5. The first-order valence-electron chi connectivity index (χ1n) is 12.4. The third kappa shape index (κ3) is 7.55. The van der Waals surface area contributed by atoms with Crippen LogP contribution in [0.4, 0.5) is 5.69 Å². The van der Waals surface area contributed by atoms with E-state index >= 15 is 0 Å². The van der Waals surface area contributed by atoms with Crippen LogP contribution in [0.25, 0.3) is 0 Å². The van der Waals surface area contributed by atoms with Gasteiger partial charge in [0.1, 0.15) is 11.9 Å². The molecule has 36 heavy (non-hydrogen) atoms. The molecular weight excluding hydrogens is 458 g/mol. The van der Waals surface area contributed by atoms with Gasteiger partial charge in [-0.25, -0.2) is 0 Å². The summed E-state index contributed by atoms with van der Waals surface area (Å²) < 4.78 is 11.3. The Morgan fingerprint density at radius 2 is 1.75 bits per heavy atom. The molecule has 0 aromatic heterocycles. The zero-order valence-corrected chi connectivity index (χ0v) is 21.8. The van der Waals surface area contributed by atoms with Crippen molar-refractivity contribution in [2.45, 2.75) is 65.1 Å².